The second-order valence-electron chi connectivity index (χ2n) is 8.63. The van der Waals surface area contributed by atoms with Gasteiger partial charge in [-0.1, -0.05) is 0 Å². The summed E-state index contributed by atoms with van der Waals surface area (Å²) in [5.41, 5.74) is 5.30. The Hall–Kier alpha value is -2.84. The molecule has 0 radical (unpaired) electrons. The summed E-state index contributed by atoms with van der Waals surface area (Å²) in [6, 6.07) is 0.0799. The van der Waals surface area contributed by atoms with Crippen LogP contribution in [0.2, 0.25) is 0 Å². The van der Waals surface area contributed by atoms with Crippen LogP contribution in [-0.4, -0.2) is 70.1 Å². The molecule has 0 aliphatic carbocycles. The van der Waals surface area contributed by atoms with Crippen molar-refractivity contribution in [2.45, 2.75) is 38.1 Å². The summed E-state index contributed by atoms with van der Waals surface area (Å²) in [4.78, 5) is 32.0. The molecule has 1 fully saturated rings. The van der Waals surface area contributed by atoms with Crippen molar-refractivity contribution >= 4 is 24.2 Å². The van der Waals surface area contributed by atoms with Crippen LogP contribution in [0.25, 0.3) is 0 Å². The van der Waals surface area contributed by atoms with Crippen LogP contribution in [0, 0.1) is 17.5 Å². The maximum absolute atomic E-state index is 13.9. The summed E-state index contributed by atoms with van der Waals surface area (Å²) in [5, 5.41) is 0. The first-order valence-electron chi connectivity index (χ1n) is 11.2. The third-order valence-corrected chi connectivity index (χ3v) is 6.12. The lowest BCUT2D eigenvalue weighted by Crippen LogP contribution is -2.43. The van der Waals surface area contributed by atoms with Crippen molar-refractivity contribution < 1.29 is 40.7 Å². The van der Waals surface area contributed by atoms with E-state index in [1.807, 2.05) is 0 Å². The molecule has 2 aromatic rings. The highest BCUT2D eigenvalue weighted by Crippen LogP contribution is 2.33. The Morgan fingerprint density at radius 1 is 1.00 bits per heavy atom. The van der Waals surface area contributed by atoms with Crippen LogP contribution < -0.4 is 5.73 Å². The van der Waals surface area contributed by atoms with Gasteiger partial charge < -0.3 is 24.8 Å². The zero-order valence-electron chi connectivity index (χ0n) is 19.4. The fourth-order valence-corrected chi connectivity index (χ4v) is 4.31. The van der Waals surface area contributed by atoms with Gasteiger partial charge in [0.1, 0.15) is 5.82 Å². The van der Waals surface area contributed by atoms with Gasteiger partial charge >= 0.3 is 6.18 Å². The van der Waals surface area contributed by atoms with Crippen LogP contribution in [0.4, 0.5) is 26.3 Å². The van der Waals surface area contributed by atoms with Crippen LogP contribution in [0.3, 0.4) is 0 Å². The van der Waals surface area contributed by atoms with Crippen molar-refractivity contribution in [3.05, 3.63) is 52.4 Å². The van der Waals surface area contributed by atoms with Gasteiger partial charge in [0.05, 0.1) is 25.5 Å². The number of aromatic nitrogens is 2. The van der Waals surface area contributed by atoms with Gasteiger partial charge in [0, 0.05) is 44.7 Å². The molecule has 2 aliphatic heterocycles. The topological polar surface area (TPSA) is 93.7 Å². The fraction of sp³-hybridized carbons (Fsp3) is 0.500. The molecule has 1 saturated heterocycles. The summed E-state index contributed by atoms with van der Waals surface area (Å²) in [5.74, 6) is -6.07. The molecule has 2 aliphatic rings. The van der Waals surface area contributed by atoms with Crippen molar-refractivity contribution in [1.29, 1.82) is 0 Å². The average molecular weight is 556 g/mol. The van der Waals surface area contributed by atoms with E-state index in [1.165, 1.54) is 9.80 Å². The molecule has 2 N–H and O–H groups in total. The molecule has 2 amide bonds. The Morgan fingerprint density at radius 3 is 2.30 bits per heavy atom. The first-order valence-corrected chi connectivity index (χ1v) is 11.2. The number of carbonyl (C=O) groups excluding carboxylic acids is 2. The zero-order valence-corrected chi connectivity index (χ0v) is 20.2. The number of hydrogen-bond acceptors (Lipinski definition) is 5. The number of amides is 2. The number of imidazole rings is 1. The highest BCUT2D eigenvalue weighted by Gasteiger charge is 2.42. The Balaban J connectivity index is 0.00000380. The molecule has 1 aromatic heterocycles. The molecule has 0 spiro atoms. The first-order chi connectivity index (χ1) is 17.0. The molecule has 1 atom stereocenters. The van der Waals surface area contributed by atoms with Gasteiger partial charge in [0.15, 0.2) is 17.3 Å². The zero-order chi connectivity index (χ0) is 26.2. The van der Waals surface area contributed by atoms with Gasteiger partial charge in [-0.3, -0.25) is 9.59 Å². The maximum Gasteiger partial charge on any atom is 0.449 e. The average Bonchev–Trinajstić information content (AvgIpc) is 3.22. The number of morpholine rings is 1. The number of hydrogen-bond donors (Lipinski definition) is 1. The lowest BCUT2D eigenvalue weighted by molar-refractivity contribution is -0.148. The van der Waals surface area contributed by atoms with Gasteiger partial charge in [0.2, 0.25) is 11.7 Å². The lowest BCUT2D eigenvalue weighted by atomic mass is 10.0. The number of nitrogens with zero attached hydrogens (tertiary/aromatic N) is 4. The second-order valence-corrected chi connectivity index (χ2v) is 8.63. The van der Waals surface area contributed by atoms with Crippen molar-refractivity contribution in [2.75, 3.05) is 32.8 Å². The number of benzene rings is 1. The van der Waals surface area contributed by atoms with E-state index < -0.39 is 47.3 Å². The predicted molar refractivity (Wildman–Crippen MR) is 119 cm³/mol. The summed E-state index contributed by atoms with van der Waals surface area (Å²) in [6.07, 6.45) is -5.40. The van der Waals surface area contributed by atoms with Crippen LogP contribution in [0.1, 0.15) is 34.0 Å². The lowest BCUT2D eigenvalue weighted by Gasteiger charge is -2.31. The predicted octanol–water partition coefficient (Wildman–Crippen LogP) is 2.52. The van der Waals surface area contributed by atoms with Gasteiger partial charge in [-0.25, -0.2) is 18.2 Å². The molecule has 8 nitrogen and oxygen atoms in total. The van der Waals surface area contributed by atoms with Crippen LogP contribution in [-0.2, 0) is 35.2 Å². The Labute approximate surface area is 213 Å². The minimum Gasteiger partial charge on any atom is -0.378 e. The van der Waals surface area contributed by atoms with E-state index in [2.05, 4.69) is 4.98 Å². The molecule has 15 heteroatoms. The number of ether oxygens (including phenoxy) is 1. The Kier molecular flexibility index (Phi) is 8.75. The standard InChI is InChI=1S/C22H23F6N5O3.ClH/c23-14-10-16(25)15(24)8-12(14)7-13(29)9-18(34)32-1-2-33-17(11-32)19(30-21(33)22(26,27)28)20(35)31-3-5-36-6-4-31;/h8,10,13H,1-7,9,11,29H2;1H. The van der Waals surface area contributed by atoms with Gasteiger partial charge in [-0.05, 0) is 18.1 Å². The van der Waals surface area contributed by atoms with Crippen LogP contribution in [0.5, 0.6) is 0 Å². The SMILES string of the molecule is Cl.NC(CC(=O)N1CCn2c(C(F)(F)F)nc(C(=O)N3CCOCC3)c2C1)Cc1cc(F)c(F)cc1F. The van der Waals surface area contributed by atoms with Gasteiger partial charge in [-0.2, -0.15) is 13.2 Å². The molecular formula is C22H24ClF6N5O3. The van der Waals surface area contributed by atoms with Crippen molar-refractivity contribution in [1.82, 2.24) is 19.4 Å². The normalized spacial score (nSPS) is 16.7. The maximum atomic E-state index is 13.9. The summed E-state index contributed by atoms with van der Waals surface area (Å²) in [7, 11) is 0. The Morgan fingerprint density at radius 2 is 1.65 bits per heavy atom. The molecule has 4 rings (SSSR count). The van der Waals surface area contributed by atoms with Gasteiger partial charge in [-0.15, -0.1) is 12.4 Å². The number of carbonyl (C=O) groups is 2. The molecule has 0 bridgehead atoms. The van der Waals surface area contributed by atoms with E-state index in [9.17, 15) is 35.9 Å². The fourth-order valence-electron chi connectivity index (χ4n) is 4.31. The number of rotatable bonds is 5. The van der Waals surface area contributed by atoms with Gasteiger partial charge in [0.25, 0.3) is 5.91 Å². The molecule has 204 valence electrons. The third kappa shape index (κ3) is 6.18. The van der Waals surface area contributed by atoms with E-state index in [0.717, 1.165) is 4.57 Å². The highest BCUT2D eigenvalue weighted by molar-refractivity contribution is 5.94. The highest BCUT2D eigenvalue weighted by atomic mass is 35.5. The number of halogens is 7. The van der Waals surface area contributed by atoms with E-state index in [1.54, 1.807) is 0 Å². The second kappa shape index (κ2) is 11.3. The number of fused-ring (bicyclic) bond motifs is 1. The molecule has 1 unspecified atom stereocenters. The van der Waals surface area contributed by atoms with E-state index in [0.29, 0.717) is 12.1 Å². The minimum absolute atomic E-state index is 0. The van der Waals surface area contributed by atoms with E-state index in [4.69, 9.17) is 10.5 Å². The summed E-state index contributed by atoms with van der Waals surface area (Å²) in [6.45, 7) is 0.244. The monoisotopic (exact) mass is 555 g/mol. The van der Waals surface area contributed by atoms with Crippen molar-refractivity contribution in [3.8, 4) is 0 Å². The molecular weight excluding hydrogens is 532 g/mol. The van der Waals surface area contributed by atoms with E-state index >= 15 is 0 Å². The molecule has 37 heavy (non-hydrogen) atoms. The molecule has 3 heterocycles. The summed E-state index contributed by atoms with van der Waals surface area (Å²) >= 11 is 0. The Bertz CT molecular complexity index is 1170. The summed E-state index contributed by atoms with van der Waals surface area (Å²) < 4.78 is 87.4. The third-order valence-electron chi connectivity index (χ3n) is 6.12. The number of alkyl halides is 3. The van der Waals surface area contributed by atoms with Crippen LogP contribution in [0.15, 0.2) is 12.1 Å². The largest absolute Gasteiger partial charge is 0.449 e. The van der Waals surface area contributed by atoms with Crippen LogP contribution >= 0.6 is 12.4 Å². The number of nitrogens with two attached hydrogens (primary N) is 1. The quantitative estimate of drug-likeness (QED) is 0.452. The van der Waals surface area contributed by atoms with Crippen molar-refractivity contribution in [3.63, 3.8) is 0 Å². The smallest absolute Gasteiger partial charge is 0.378 e. The molecule has 1 aromatic carbocycles. The minimum atomic E-state index is -4.80. The van der Waals surface area contributed by atoms with Crippen molar-refractivity contribution in [2.24, 2.45) is 5.73 Å². The van der Waals surface area contributed by atoms with E-state index in [-0.39, 0.29) is 88.1 Å². The first kappa shape index (κ1) is 28.7. The molecule has 0 saturated carbocycles.